The van der Waals surface area contributed by atoms with Gasteiger partial charge >= 0.3 is 16.5 Å². The first-order chi connectivity index (χ1) is 7.70. The van der Waals surface area contributed by atoms with Gasteiger partial charge in [-0.25, -0.2) is 0 Å². The second kappa shape index (κ2) is 4.48. The molecule has 2 amide bonds. The third-order valence-electron chi connectivity index (χ3n) is 2.07. The van der Waals surface area contributed by atoms with E-state index in [2.05, 4.69) is 36.1 Å². The molecule has 0 aliphatic carbocycles. The maximum absolute atomic E-state index is 11.2. The lowest BCUT2D eigenvalue weighted by molar-refractivity contribution is 0.257. The minimum absolute atomic E-state index is 0.303. The number of aryl methyl sites for hydroxylation is 1. The molecule has 2 aromatic rings. The molecular weight excluding hydrogens is 219 g/mol. The Bertz CT molecular complexity index is 543. The van der Waals surface area contributed by atoms with Crippen LogP contribution >= 0.6 is 0 Å². The number of nitrogens with zero attached hydrogens (tertiary/aromatic N) is 2. The highest BCUT2D eigenvalue weighted by Crippen LogP contribution is 2.20. The van der Waals surface area contributed by atoms with Crippen molar-refractivity contribution in [1.29, 1.82) is 0 Å². The van der Waals surface area contributed by atoms with Gasteiger partial charge in [0, 0.05) is 11.9 Å². The van der Waals surface area contributed by atoms with E-state index in [1.165, 1.54) is 0 Å². The van der Waals surface area contributed by atoms with Crippen molar-refractivity contribution >= 4 is 39.3 Å². The number of fused-ring (bicyclic) bond motifs is 1. The van der Waals surface area contributed by atoms with Crippen LogP contribution in [0.15, 0.2) is 24.4 Å². The first-order valence-electron chi connectivity index (χ1n) is 4.70. The molecule has 0 unspecified atom stereocenters. The van der Waals surface area contributed by atoms with Gasteiger partial charge in [0.05, 0.1) is 11.2 Å². The lowest BCUT2D eigenvalue weighted by atomic mass is 10.2. The van der Waals surface area contributed by atoms with Crippen molar-refractivity contribution in [3.63, 3.8) is 0 Å². The van der Waals surface area contributed by atoms with Crippen LogP contribution in [0.5, 0.6) is 0 Å². The Kier molecular flexibility index (Phi) is 3.04. The Morgan fingerprint density at radius 2 is 2.31 bits per heavy atom. The van der Waals surface area contributed by atoms with Gasteiger partial charge in [-0.05, 0) is 25.1 Å². The molecule has 6 heteroatoms. The minimum Gasteiger partial charge on any atom is -0.446 e. The van der Waals surface area contributed by atoms with Gasteiger partial charge in [-0.15, -0.1) is 0 Å². The molecular formula is C10H9AlN4O. The molecule has 0 fully saturated rings. The summed E-state index contributed by atoms with van der Waals surface area (Å²) >= 11 is 2.14. The van der Waals surface area contributed by atoms with Crippen LogP contribution in [0.2, 0.25) is 0 Å². The largest absolute Gasteiger partial charge is 0.446 e. The summed E-state index contributed by atoms with van der Waals surface area (Å²) in [5.74, 6) is 0. The average Bonchev–Trinajstić information content (AvgIpc) is 2.28. The molecule has 5 nitrogen and oxygen atoms in total. The smallest absolute Gasteiger partial charge is 0.313 e. The molecule has 2 heterocycles. The quantitative estimate of drug-likeness (QED) is 0.719. The summed E-state index contributed by atoms with van der Waals surface area (Å²) in [7, 11) is 0. The number of urea groups is 1. The number of aromatic nitrogens is 2. The molecule has 0 saturated heterocycles. The van der Waals surface area contributed by atoms with Crippen molar-refractivity contribution in [1.82, 2.24) is 14.3 Å². The van der Waals surface area contributed by atoms with Crippen LogP contribution < -0.4 is 9.62 Å². The van der Waals surface area contributed by atoms with Crippen LogP contribution in [0.1, 0.15) is 5.69 Å². The summed E-state index contributed by atoms with van der Waals surface area (Å²) in [5.41, 5.74) is 2.94. The number of hydrogen-bond acceptors (Lipinski definition) is 3. The number of nitrogens with one attached hydrogen (secondary N) is 2. The topological polar surface area (TPSA) is 66.9 Å². The van der Waals surface area contributed by atoms with E-state index in [1.54, 1.807) is 12.3 Å². The molecule has 2 N–H and O–H groups in total. The van der Waals surface area contributed by atoms with Gasteiger partial charge in [0.25, 0.3) is 6.03 Å². The lowest BCUT2D eigenvalue weighted by Gasteiger charge is -2.08. The number of hydrogen-bond donors (Lipinski definition) is 2. The van der Waals surface area contributed by atoms with Crippen LogP contribution in [0.3, 0.4) is 0 Å². The third kappa shape index (κ3) is 2.13. The fraction of sp³-hybridized carbons (Fsp3) is 0.100. The summed E-state index contributed by atoms with van der Waals surface area (Å²) < 4.78 is 2.42. The highest BCUT2D eigenvalue weighted by atomic mass is 27.1. The number of carbonyl (C=O) groups is 1. The van der Waals surface area contributed by atoms with E-state index in [0.717, 1.165) is 11.2 Å². The summed E-state index contributed by atoms with van der Waals surface area (Å²) in [6.45, 7) is 1.87. The van der Waals surface area contributed by atoms with Gasteiger partial charge in [-0.2, -0.15) is 0 Å². The van der Waals surface area contributed by atoms with E-state index in [0.29, 0.717) is 11.2 Å². The van der Waals surface area contributed by atoms with E-state index in [4.69, 9.17) is 0 Å². The van der Waals surface area contributed by atoms with E-state index >= 15 is 0 Å². The maximum Gasteiger partial charge on any atom is 0.313 e. The summed E-state index contributed by atoms with van der Waals surface area (Å²) in [4.78, 5) is 19.8. The first-order valence-corrected chi connectivity index (χ1v) is 5.28. The number of pyridine rings is 2. The van der Waals surface area contributed by atoms with Crippen LogP contribution in [-0.4, -0.2) is 32.5 Å². The van der Waals surface area contributed by atoms with E-state index in [9.17, 15) is 4.79 Å². The Morgan fingerprint density at radius 1 is 1.50 bits per heavy atom. The summed E-state index contributed by atoms with van der Waals surface area (Å²) in [6.07, 6.45) is 1.67. The Morgan fingerprint density at radius 3 is 3.06 bits per heavy atom. The minimum atomic E-state index is -0.303. The zero-order chi connectivity index (χ0) is 11.5. The molecule has 2 radical (unpaired) electrons. The van der Waals surface area contributed by atoms with Crippen LogP contribution in [0.25, 0.3) is 11.0 Å². The molecule has 2 rings (SSSR count). The van der Waals surface area contributed by atoms with Crippen molar-refractivity contribution in [3.05, 3.63) is 30.1 Å². The van der Waals surface area contributed by atoms with Gasteiger partial charge < -0.3 is 9.62 Å². The van der Waals surface area contributed by atoms with Crippen molar-refractivity contribution in [2.45, 2.75) is 6.92 Å². The summed E-state index contributed by atoms with van der Waals surface area (Å²) in [6, 6.07) is 5.16. The molecule has 0 aromatic carbocycles. The molecule has 0 saturated carbocycles. The van der Waals surface area contributed by atoms with E-state index < -0.39 is 0 Å². The number of carbonyl (C=O) groups excluding carboxylic acids is 1. The van der Waals surface area contributed by atoms with E-state index in [1.807, 2.05) is 19.1 Å². The zero-order valence-electron chi connectivity index (χ0n) is 8.69. The zero-order valence-corrected chi connectivity index (χ0v) is 9.84. The molecule has 2 aromatic heterocycles. The average molecular weight is 228 g/mol. The molecule has 16 heavy (non-hydrogen) atoms. The van der Waals surface area contributed by atoms with Gasteiger partial charge in [-0.1, -0.05) is 0 Å². The number of rotatable bonds is 1. The number of amides is 2. The van der Waals surface area contributed by atoms with Crippen molar-refractivity contribution in [2.75, 3.05) is 5.32 Å². The van der Waals surface area contributed by atoms with Crippen LogP contribution in [0, 0.1) is 6.92 Å². The van der Waals surface area contributed by atoms with Crippen molar-refractivity contribution in [2.24, 2.45) is 0 Å². The second-order valence-electron chi connectivity index (χ2n) is 3.28. The van der Waals surface area contributed by atoms with Crippen LogP contribution in [-0.2, 0) is 0 Å². The fourth-order valence-corrected chi connectivity index (χ4v) is 1.52. The van der Waals surface area contributed by atoms with Crippen molar-refractivity contribution < 1.29 is 4.79 Å². The van der Waals surface area contributed by atoms with Gasteiger partial charge in [0.15, 0.2) is 0 Å². The molecule has 0 aliphatic rings. The molecule has 0 aliphatic heterocycles. The third-order valence-corrected chi connectivity index (χ3v) is 2.33. The Labute approximate surface area is 101 Å². The lowest BCUT2D eigenvalue weighted by Crippen LogP contribution is -2.26. The Hall–Kier alpha value is -1.64. The fourth-order valence-electron chi connectivity index (χ4n) is 1.45. The predicted octanol–water partition coefficient (Wildman–Crippen LogP) is 1.14. The molecule has 0 atom stereocenters. The Balaban J connectivity index is 2.54. The van der Waals surface area contributed by atoms with Crippen LogP contribution in [0.4, 0.5) is 10.5 Å². The normalized spacial score (nSPS) is 10.1. The number of anilines is 1. The molecule has 0 spiro atoms. The SMILES string of the molecule is Cc1cc(NC(=O)[NH][Al])c2ncccc2n1. The van der Waals surface area contributed by atoms with Gasteiger partial charge in [0.2, 0.25) is 0 Å². The van der Waals surface area contributed by atoms with Gasteiger partial charge in [0.1, 0.15) is 5.52 Å². The summed E-state index contributed by atoms with van der Waals surface area (Å²) in [5, 5.41) is 2.70. The predicted molar refractivity (Wildman–Crippen MR) is 62.2 cm³/mol. The molecule has 0 bridgehead atoms. The second-order valence-corrected chi connectivity index (χ2v) is 3.57. The monoisotopic (exact) mass is 228 g/mol. The molecule has 78 valence electrons. The van der Waals surface area contributed by atoms with Gasteiger partial charge in [-0.3, -0.25) is 14.8 Å². The van der Waals surface area contributed by atoms with Crippen molar-refractivity contribution in [3.8, 4) is 0 Å². The highest BCUT2D eigenvalue weighted by molar-refractivity contribution is 6.17. The first kappa shape index (κ1) is 10.9. The standard InChI is InChI=1S/C10H10N4O.Al/c1-6-5-8(14-10(11)15)9-7(13-6)3-2-4-12-9;/h2-5H,1H3,(H3,11,13,14,15);/q;+1/p-1. The highest BCUT2D eigenvalue weighted by Gasteiger charge is 2.06. The maximum atomic E-state index is 11.2. The van der Waals surface area contributed by atoms with E-state index in [-0.39, 0.29) is 6.03 Å².